The molecule has 18 heavy (non-hydrogen) atoms. The van der Waals surface area contributed by atoms with E-state index >= 15 is 0 Å². The van der Waals surface area contributed by atoms with E-state index in [0.717, 1.165) is 25.9 Å². The molecule has 94 valence electrons. The van der Waals surface area contributed by atoms with Crippen LogP contribution in [-0.2, 0) is 0 Å². The molecule has 5 nitrogen and oxygen atoms in total. The molecule has 5 heteroatoms. The Labute approximate surface area is 106 Å². The third-order valence-electron chi connectivity index (χ3n) is 3.23. The second-order valence-electron chi connectivity index (χ2n) is 4.42. The van der Waals surface area contributed by atoms with Crippen molar-refractivity contribution in [3.05, 3.63) is 29.6 Å². The van der Waals surface area contributed by atoms with Crippen molar-refractivity contribution < 1.29 is 4.79 Å². The number of amides is 1. The third kappa shape index (κ3) is 2.66. The number of pyridine rings is 1. The van der Waals surface area contributed by atoms with Crippen LogP contribution in [0.3, 0.4) is 0 Å². The lowest BCUT2D eigenvalue weighted by Crippen LogP contribution is -2.47. The van der Waals surface area contributed by atoms with Gasteiger partial charge in [-0.15, -0.1) is 0 Å². The van der Waals surface area contributed by atoms with Gasteiger partial charge in [0.1, 0.15) is 11.8 Å². The Bertz CT molecular complexity index is 463. The van der Waals surface area contributed by atoms with Gasteiger partial charge in [-0.25, -0.2) is 4.98 Å². The zero-order chi connectivity index (χ0) is 13.0. The van der Waals surface area contributed by atoms with Gasteiger partial charge in [0.15, 0.2) is 0 Å². The molecule has 1 aromatic heterocycles. The number of carbonyl (C=O) groups excluding carboxylic acids is 1. The van der Waals surface area contributed by atoms with Crippen molar-refractivity contribution in [2.45, 2.75) is 18.9 Å². The molecule has 1 aliphatic heterocycles. The summed E-state index contributed by atoms with van der Waals surface area (Å²) in [6, 6.07) is 5.59. The van der Waals surface area contributed by atoms with Crippen molar-refractivity contribution in [2.75, 3.05) is 20.1 Å². The second-order valence-corrected chi connectivity index (χ2v) is 4.42. The van der Waals surface area contributed by atoms with Crippen LogP contribution in [0.5, 0.6) is 0 Å². The Morgan fingerprint density at radius 2 is 2.44 bits per heavy atom. The average Bonchev–Trinajstić information content (AvgIpc) is 2.46. The summed E-state index contributed by atoms with van der Waals surface area (Å²) >= 11 is 0. The topological polar surface area (TPSA) is 69.0 Å². The van der Waals surface area contributed by atoms with Gasteiger partial charge in [-0.05, 0) is 32.0 Å². The van der Waals surface area contributed by atoms with Crippen LogP contribution in [0.4, 0.5) is 0 Å². The summed E-state index contributed by atoms with van der Waals surface area (Å²) in [6.45, 7) is 1.50. The highest BCUT2D eigenvalue weighted by molar-refractivity contribution is 5.92. The highest BCUT2D eigenvalue weighted by atomic mass is 16.2. The molecule has 1 amide bonds. The standard InChI is InChI=1S/C13H16N4O/c1-15-11-3-2-6-17(9-11)13(18)12-5-4-10(7-14)8-16-12/h4-5,8,11,15H,2-3,6,9H2,1H3. The summed E-state index contributed by atoms with van der Waals surface area (Å²) in [6.07, 6.45) is 3.54. The van der Waals surface area contributed by atoms with Crippen LogP contribution in [0.1, 0.15) is 28.9 Å². The van der Waals surface area contributed by atoms with E-state index < -0.39 is 0 Å². The van der Waals surface area contributed by atoms with E-state index in [-0.39, 0.29) is 5.91 Å². The number of hydrogen-bond donors (Lipinski definition) is 1. The summed E-state index contributed by atoms with van der Waals surface area (Å²) in [7, 11) is 1.92. The van der Waals surface area contributed by atoms with Crippen molar-refractivity contribution in [2.24, 2.45) is 0 Å². The van der Waals surface area contributed by atoms with Crippen molar-refractivity contribution >= 4 is 5.91 Å². The monoisotopic (exact) mass is 244 g/mol. The highest BCUT2D eigenvalue weighted by Gasteiger charge is 2.24. The van der Waals surface area contributed by atoms with Crippen LogP contribution in [0, 0.1) is 11.3 Å². The summed E-state index contributed by atoms with van der Waals surface area (Å²) in [5.74, 6) is -0.0561. The number of nitrogens with zero attached hydrogens (tertiary/aromatic N) is 3. The minimum Gasteiger partial charge on any atom is -0.336 e. The molecule has 2 heterocycles. The first-order chi connectivity index (χ1) is 8.74. The van der Waals surface area contributed by atoms with Gasteiger partial charge in [0.05, 0.1) is 5.56 Å². The van der Waals surface area contributed by atoms with Gasteiger partial charge in [0.25, 0.3) is 5.91 Å². The van der Waals surface area contributed by atoms with Gasteiger partial charge in [-0.1, -0.05) is 0 Å². The number of aromatic nitrogens is 1. The first kappa shape index (κ1) is 12.5. The summed E-state index contributed by atoms with van der Waals surface area (Å²) < 4.78 is 0. The normalized spacial score (nSPS) is 19.3. The van der Waals surface area contributed by atoms with Crippen LogP contribution in [0.25, 0.3) is 0 Å². The van der Waals surface area contributed by atoms with Crippen molar-refractivity contribution in [3.63, 3.8) is 0 Å². The summed E-state index contributed by atoms with van der Waals surface area (Å²) in [5.41, 5.74) is 0.879. The molecule has 0 aliphatic carbocycles. The Morgan fingerprint density at radius 1 is 1.61 bits per heavy atom. The Balaban J connectivity index is 2.08. The van der Waals surface area contributed by atoms with Gasteiger partial charge in [0, 0.05) is 25.3 Å². The molecule has 0 spiro atoms. The van der Waals surface area contributed by atoms with Gasteiger partial charge in [-0.3, -0.25) is 4.79 Å². The van der Waals surface area contributed by atoms with Crippen LogP contribution in [-0.4, -0.2) is 42.0 Å². The molecule has 2 rings (SSSR count). The average molecular weight is 244 g/mol. The lowest BCUT2D eigenvalue weighted by Gasteiger charge is -2.32. The first-order valence-electron chi connectivity index (χ1n) is 6.07. The Hall–Kier alpha value is -1.93. The number of likely N-dealkylation sites (N-methyl/N-ethyl adjacent to an activating group) is 1. The zero-order valence-electron chi connectivity index (χ0n) is 10.4. The van der Waals surface area contributed by atoms with Gasteiger partial charge in [0.2, 0.25) is 0 Å². The smallest absolute Gasteiger partial charge is 0.272 e. The number of hydrogen-bond acceptors (Lipinski definition) is 4. The number of piperidine rings is 1. The zero-order valence-corrected chi connectivity index (χ0v) is 10.4. The van der Waals surface area contributed by atoms with E-state index in [1.54, 1.807) is 12.1 Å². The quantitative estimate of drug-likeness (QED) is 0.834. The van der Waals surface area contributed by atoms with Crippen molar-refractivity contribution in [1.29, 1.82) is 5.26 Å². The SMILES string of the molecule is CNC1CCCN(C(=O)c2ccc(C#N)cn2)C1. The molecule has 1 aliphatic rings. The molecule has 1 N–H and O–H groups in total. The molecule has 1 atom stereocenters. The predicted molar refractivity (Wildman–Crippen MR) is 66.9 cm³/mol. The van der Waals surface area contributed by atoms with Crippen LogP contribution in [0.15, 0.2) is 18.3 Å². The summed E-state index contributed by atoms with van der Waals surface area (Å²) in [5, 5.41) is 11.9. The van der Waals surface area contributed by atoms with E-state index in [4.69, 9.17) is 5.26 Å². The molecule has 0 radical (unpaired) electrons. The molecule has 0 bridgehead atoms. The van der Waals surface area contributed by atoms with Gasteiger partial charge < -0.3 is 10.2 Å². The van der Waals surface area contributed by atoms with Gasteiger partial charge >= 0.3 is 0 Å². The molecular formula is C13H16N4O. The molecule has 1 fully saturated rings. The number of nitriles is 1. The van der Waals surface area contributed by atoms with Crippen LogP contribution in [0.2, 0.25) is 0 Å². The molecular weight excluding hydrogens is 228 g/mol. The Morgan fingerprint density at radius 3 is 3.06 bits per heavy atom. The largest absolute Gasteiger partial charge is 0.336 e. The lowest BCUT2D eigenvalue weighted by atomic mass is 10.1. The lowest BCUT2D eigenvalue weighted by molar-refractivity contribution is 0.0692. The van der Waals surface area contributed by atoms with E-state index in [1.165, 1.54) is 6.20 Å². The molecule has 1 saturated heterocycles. The molecule has 0 aromatic carbocycles. The van der Waals surface area contributed by atoms with E-state index in [9.17, 15) is 4.79 Å². The maximum Gasteiger partial charge on any atom is 0.272 e. The fourth-order valence-corrected chi connectivity index (χ4v) is 2.15. The fraction of sp³-hybridized carbons (Fsp3) is 0.462. The van der Waals surface area contributed by atoms with Gasteiger partial charge in [-0.2, -0.15) is 5.26 Å². The Kier molecular flexibility index (Phi) is 3.90. The predicted octanol–water partition coefficient (Wildman–Crippen LogP) is 0.777. The van der Waals surface area contributed by atoms with E-state index in [2.05, 4.69) is 10.3 Å². The number of nitrogens with one attached hydrogen (secondary N) is 1. The summed E-state index contributed by atoms with van der Waals surface area (Å²) in [4.78, 5) is 18.1. The molecule has 1 unspecified atom stereocenters. The second kappa shape index (κ2) is 5.61. The minimum atomic E-state index is -0.0561. The number of likely N-dealkylation sites (tertiary alicyclic amines) is 1. The number of carbonyl (C=O) groups is 1. The van der Waals surface area contributed by atoms with E-state index in [0.29, 0.717) is 17.3 Å². The highest BCUT2D eigenvalue weighted by Crippen LogP contribution is 2.12. The van der Waals surface area contributed by atoms with Crippen LogP contribution < -0.4 is 5.32 Å². The van der Waals surface area contributed by atoms with E-state index in [1.807, 2.05) is 18.0 Å². The minimum absolute atomic E-state index is 0.0561. The van der Waals surface area contributed by atoms with Crippen molar-refractivity contribution in [1.82, 2.24) is 15.2 Å². The third-order valence-corrected chi connectivity index (χ3v) is 3.23. The molecule has 1 aromatic rings. The maximum absolute atomic E-state index is 12.2. The first-order valence-corrected chi connectivity index (χ1v) is 6.07. The maximum atomic E-state index is 12.2. The van der Waals surface area contributed by atoms with Crippen molar-refractivity contribution in [3.8, 4) is 6.07 Å². The number of rotatable bonds is 2. The fourth-order valence-electron chi connectivity index (χ4n) is 2.15. The molecule has 0 saturated carbocycles. The van der Waals surface area contributed by atoms with Crippen LogP contribution >= 0.6 is 0 Å².